The predicted octanol–water partition coefficient (Wildman–Crippen LogP) is 4.15. The molecule has 1 aromatic heterocycles. The molecular formula is C20H22IN3O2S. The molecule has 0 unspecified atom stereocenters. The Balaban J connectivity index is 1.83. The Morgan fingerprint density at radius 3 is 2.37 bits per heavy atom. The highest BCUT2D eigenvalue weighted by molar-refractivity contribution is 14.1. The van der Waals surface area contributed by atoms with Crippen molar-refractivity contribution in [1.29, 1.82) is 0 Å². The van der Waals surface area contributed by atoms with Crippen molar-refractivity contribution in [3.8, 4) is 5.69 Å². The second kappa shape index (κ2) is 8.53. The summed E-state index contributed by atoms with van der Waals surface area (Å²) < 4.78 is 30.6. The third-order valence-electron chi connectivity index (χ3n) is 4.02. The van der Waals surface area contributed by atoms with E-state index in [0.29, 0.717) is 11.6 Å². The van der Waals surface area contributed by atoms with Gasteiger partial charge >= 0.3 is 0 Å². The quantitative estimate of drug-likeness (QED) is 0.501. The van der Waals surface area contributed by atoms with Gasteiger partial charge in [-0.3, -0.25) is 0 Å². The summed E-state index contributed by atoms with van der Waals surface area (Å²) in [6, 6.07) is 18.6. The predicted molar refractivity (Wildman–Crippen MR) is 115 cm³/mol. The van der Waals surface area contributed by atoms with E-state index in [1.807, 2.05) is 41.1 Å². The molecule has 3 rings (SSSR count). The fraction of sp³-hybridized carbons (Fsp3) is 0.250. The highest BCUT2D eigenvalue weighted by Crippen LogP contribution is 2.17. The molecule has 0 aliphatic heterocycles. The molecular weight excluding hydrogens is 473 g/mol. The van der Waals surface area contributed by atoms with Gasteiger partial charge in [0.25, 0.3) is 0 Å². The lowest BCUT2D eigenvalue weighted by Crippen LogP contribution is -2.23. The van der Waals surface area contributed by atoms with E-state index < -0.39 is 10.0 Å². The summed E-state index contributed by atoms with van der Waals surface area (Å²) >= 11 is 2.15. The molecule has 5 nitrogen and oxygen atoms in total. The third-order valence-corrected chi connectivity index (χ3v) is 6.16. The second-order valence-electron chi connectivity index (χ2n) is 6.75. The van der Waals surface area contributed by atoms with Crippen LogP contribution in [0.15, 0.2) is 65.6 Å². The van der Waals surface area contributed by atoms with Crippen molar-refractivity contribution in [1.82, 2.24) is 14.5 Å². The molecule has 0 radical (unpaired) electrons. The van der Waals surface area contributed by atoms with Gasteiger partial charge < -0.3 is 0 Å². The number of rotatable bonds is 7. The molecule has 27 heavy (non-hydrogen) atoms. The molecule has 0 saturated heterocycles. The molecule has 3 aromatic rings. The Kier molecular flexibility index (Phi) is 6.33. The zero-order valence-corrected chi connectivity index (χ0v) is 18.2. The van der Waals surface area contributed by atoms with Crippen LogP contribution in [0.5, 0.6) is 0 Å². The maximum absolute atomic E-state index is 12.5. The largest absolute Gasteiger partial charge is 0.240 e. The number of nitrogens with one attached hydrogen (secondary N) is 1. The summed E-state index contributed by atoms with van der Waals surface area (Å²) in [5.74, 6) is 0.473. The van der Waals surface area contributed by atoms with Gasteiger partial charge in [-0.25, -0.2) is 17.8 Å². The first-order valence-corrected chi connectivity index (χ1v) is 11.3. The van der Waals surface area contributed by atoms with Crippen molar-refractivity contribution in [3.05, 3.63) is 75.6 Å². The van der Waals surface area contributed by atoms with Crippen LogP contribution in [0.4, 0.5) is 0 Å². The zero-order chi connectivity index (χ0) is 19.4. The minimum atomic E-state index is -3.57. The van der Waals surface area contributed by atoms with Crippen LogP contribution in [0, 0.1) is 9.49 Å². The fourth-order valence-corrected chi connectivity index (χ4v) is 4.14. The van der Waals surface area contributed by atoms with Crippen LogP contribution in [0.3, 0.4) is 0 Å². The van der Waals surface area contributed by atoms with Gasteiger partial charge in [0.2, 0.25) is 10.0 Å². The minimum Gasteiger partial charge on any atom is -0.238 e. The van der Waals surface area contributed by atoms with Gasteiger partial charge in [-0.05, 0) is 77.4 Å². The Hall–Kier alpha value is -1.71. The molecule has 0 fully saturated rings. The monoisotopic (exact) mass is 495 g/mol. The molecule has 0 saturated carbocycles. The molecule has 0 bridgehead atoms. The van der Waals surface area contributed by atoms with Gasteiger partial charge in [0.05, 0.1) is 22.8 Å². The molecule has 0 aliphatic carbocycles. The second-order valence-corrected chi connectivity index (χ2v) is 9.76. The van der Waals surface area contributed by atoms with Crippen LogP contribution in [0.25, 0.3) is 5.69 Å². The van der Waals surface area contributed by atoms with Gasteiger partial charge in [0.1, 0.15) is 0 Å². The first-order valence-electron chi connectivity index (χ1n) is 8.73. The van der Waals surface area contributed by atoms with Crippen molar-refractivity contribution >= 4 is 32.6 Å². The summed E-state index contributed by atoms with van der Waals surface area (Å²) in [4.78, 5) is 0.257. The number of aromatic nitrogens is 2. The van der Waals surface area contributed by atoms with E-state index in [4.69, 9.17) is 0 Å². The Labute approximate surface area is 174 Å². The molecule has 0 amide bonds. The SMILES string of the molecule is CC(C)Cc1cc(CNS(=O)(=O)c2ccc(I)cc2)nn1-c1ccccc1. The lowest BCUT2D eigenvalue weighted by atomic mass is 10.1. The first-order chi connectivity index (χ1) is 12.8. The number of para-hydroxylation sites is 1. The molecule has 142 valence electrons. The minimum absolute atomic E-state index is 0.152. The zero-order valence-electron chi connectivity index (χ0n) is 15.3. The van der Waals surface area contributed by atoms with Crippen LogP contribution in [0.1, 0.15) is 25.2 Å². The maximum atomic E-state index is 12.5. The van der Waals surface area contributed by atoms with E-state index in [2.05, 4.69) is 46.3 Å². The number of nitrogens with zero attached hydrogens (tertiary/aromatic N) is 2. The summed E-state index contributed by atoms with van der Waals surface area (Å²) in [6.45, 7) is 4.46. The van der Waals surface area contributed by atoms with E-state index in [-0.39, 0.29) is 11.4 Å². The molecule has 0 aliphatic rings. The summed E-state index contributed by atoms with van der Waals surface area (Å²) in [6.07, 6.45) is 0.867. The van der Waals surface area contributed by atoms with Crippen LogP contribution < -0.4 is 4.72 Å². The molecule has 1 N–H and O–H groups in total. The standard InChI is InChI=1S/C20H22IN3O2S/c1-15(2)12-19-13-17(23-24(19)18-6-4-3-5-7-18)14-22-27(25,26)20-10-8-16(21)9-11-20/h3-11,13,15,22H,12,14H2,1-2H3. The maximum Gasteiger partial charge on any atom is 0.240 e. The number of halogens is 1. The molecule has 1 heterocycles. The number of sulfonamides is 1. The number of hydrogen-bond donors (Lipinski definition) is 1. The van der Waals surface area contributed by atoms with Crippen molar-refractivity contribution in [2.75, 3.05) is 0 Å². The molecule has 7 heteroatoms. The van der Waals surface area contributed by atoms with E-state index in [0.717, 1.165) is 21.4 Å². The smallest absolute Gasteiger partial charge is 0.238 e. The van der Waals surface area contributed by atoms with Gasteiger partial charge in [0, 0.05) is 9.26 Å². The highest BCUT2D eigenvalue weighted by atomic mass is 127. The normalized spacial score (nSPS) is 11.9. The number of hydrogen-bond acceptors (Lipinski definition) is 3. The summed E-state index contributed by atoms with van der Waals surface area (Å²) in [5.41, 5.74) is 2.74. The molecule has 2 aromatic carbocycles. The fourth-order valence-electron chi connectivity index (χ4n) is 2.78. The Morgan fingerprint density at radius 1 is 1.07 bits per heavy atom. The van der Waals surface area contributed by atoms with Gasteiger partial charge in [-0.15, -0.1) is 0 Å². The van der Waals surface area contributed by atoms with Crippen LogP contribution >= 0.6 is 22.6 Å². The Bertz CT molecular complexity index is 997. The van der Waals surface area contributed by atoms with Gasteiger partial charge in [-0.2, -0.15) is 5.10 Å². The van der Waals surface area contributed by atoms with Crippen LogP contribution in [-0.4, -0.2) is 18.2 Å². The third kappa shape index (κ3) is 5.18. The van der Waals surface area contributed by atoms with Crippen molar-refractivity contribution in [2.45, 2.75) is 31.7 Å². The van der Waals surface area contributed by atoms with Crippen molar-refractivity contribution in [2.24, 2.45) is 5.92 Å². The topological polar surface area (TPSA) is 64.0 Å². The lowest BCUT2D eigenvalue weighted by molar-refractivity contribution is 0.580. The molecule has 0 atom stereocenters. The van der Waals surface area contributed by atoms with Gasteiger partial charge in [-0.1, -0.05) is 32.0 Å². The first kappa shape index (κ1) is 20.0. The average molecular weight is 495 g/mol. The van der Waals surface area contributed by atoms with E-state index in [1.54, 1.807) is 24.3 Å². The highest BCUT2D eigenvalue weighted by Gasteiger charge is 2.16. The Morgan fingerprint density at radius 2 is 1.74 bits per heavy atom. The lowest BCUT2D eigenvalue weighted by Gasteiger charge is -2.09. The van der Waals surface area contributed by atoms with E-state index in [9.17, 15) is 8.42 Å². The van der Waals surface area contributed by atoms with E-state index >= 15 is 0 Å². The summed E-state index contributed by atoms with van der Waals surface area (Å²) in [7, 11) is -3.57. The van der Waals surface area contributed by atoms with Crippen LogP contribution in [0.2, 0.25) is 0 Å². The van der Waals surface area contributed by atoms with Crippen LogP contribution in [-0.2, 0) is 23.0 Å². The van der Waals surface area contributed by atoms with Crippen molar-refractivity contribution in [3.63, 3.8) is 0 Å². The van der Waals surface area contributed by atoms with E-state index in [1.165, 1.54) is 0 Å². The van der Waals surface area contributed by atoms with Gasteiger partial charge in [0.15, 0.2) is 0 Å². The number of benzene rings is 2. The van der Waals surface area contributed by atoms with Crippen molar-refractivity contribution < 1.29 is 8.42 Å². The molecule has 0 spiro atoms. The summed E-state index contributed by atoms with van der Waals surface area (Å²) in [5, 5.41) is 4.63. The average Bonchev–Trinajstić information content (AvgIpc) is 3.03.